The fraction of sp³-hybridized carbons (Fsp3) is 0.750. The van der Waals surface area contributed by atoms with Crippen molar-refractivity contribution in [3.63, 3.8) is 0 Å². The maximum atomic E-state index is 11.9. The van der Waals surface area contributed by atoms with Crippen LogP contribution in [0.15, 0.2) is 0 Å². The molecule has 1 unspecified atom stereocenters. The fourth-order valence-electron chi connectivity index (χ4n) is 1.75. The quantitative estimate of drug-likeness (QED) is 0.673. The van der Waals surface area contributed by atoms with Gasteiger partial charge >= 0.3 is 12.0 Å². The average Bonchev–Trinajstić information content (AvgIpc) is 2.26. The Bertz CT molecular complexity index is 349. The van der Waals surface area contributed by atoms with E-state index >= 15 is 0 Å². The molecule has 3 amide bonds. The van der Waals surface area contributed by atoms with Crippen molar-refractivity contribution >= 4 is 17.9 Å². The highest BCUT2D eigenvalue weighted by molar-refractivity contribution is 5.96. The van der Waals surface area contributed by atoms with Crippen molar-refractivity contribution in [2.45, 2.75) is 45.7 Å². The molecule has 0 aliphatic carbocycles. The molecule has 19 heavy (non-hydrogen) atoms. The molecule has 0 aliphatic rings. The summed E-state index contributed by atoms with van der Waals surface area (Å²) in [7, 11) is 1.42. The van der Waals surface area contributed by atoms with Crippen LogP contribution < -0.4 is 10.6 Å². The summed E-state index contributed by atoms with van der Waals surface area (Å²) in [6, 6.07) is -1.18. The molecule has 0 aromatic heterocycles. The van der Waals surface area contributed by atoms with Crippen LogP contribution in [0, 0.1) is 0 Å². The van der Waals surface area contributed by atoms with Gasteiger partial charge < -0.3 is 10.4 Å². The Labute approximate surface area is 113 Å². The third-order valence-corrected chi connectivity index (χ3v) is 2.74. The first-order valence-corrected chi connectivity index (χ1v) is 6.10. The van der Waals surface area contributed by atoms with E-state index in [1.807, 2.05) is 20.8 Å². The Morgan fingerprint density at radius 2 is 1.79 bits per heavy atom. The molecule has 0 rings (SSSR count). The molecule has 0 aromatic rings. The van der Waals surface area contributed by atoms with Crippen LogP contribution in [0.3, 0.4) is 0 Å². The molecule has 7 heteroatoms. The normalized spacial score (nSPS) is 12.9. The van der Waals surface area contributed by atoms with E-state index in [1.54, 1.807) is 11.8 Å². The Balaban J connectivity index is 4.80. The molecule has 0 spiro atoms. The molecule has 0 aliphatic heterocycles. The minimum absolute atomic E-state index is 0.0607. The maximum Gasteiger partial charge on any atom is 0.321 e. The van der Waals surface area contributed by atoms with Gasteiger partial charge in [0, 0.05) is 19.1 Å². The summed E-state index contributed by atoms with van der Waals surface area (Å²) in [5, 5.41) is 13.2. The van der Waals surface area contributed by atoms with Gasteiger partial charge in [0.25, 0.3) is 0 Å². The van der Waals surface area contributed by atoms with E-state index < -0.39 is 23.9 Å². The second-order valence-electron chi connectivity index (χ2n) is 5.25. The number of carboxylic acid groups (broad SMARTS) is 1. The highest BCUT2D eigenvalue weighted by Gasteiger charge is 2.31. The number of rotatable bonds is 5. The van der Waals surface area contributed by atoms with Gasteiger partial charge in [-0.25, -0.2) is 4.79 Å². The largest absolute Gasteiger partial charge is 0.481 e. The lowest BCUT2D eigenvalue weighted by Gasteiger charge is -2.39. The van der Waals surface area contributed by atoms with Crippen LogP contribution in [0.4, 0.5) is 4.79 Å². The Kier molecular flexibility index (Phi) is 6.47. The summed E-state index contributed by atoms with van der Waals surface area (Å²) >= 11 is 0. The molecular formula is C12H23N3O4. The van der Waals surface area contributed by atoms with Crippen molar-refractivity contribution in [2.24, 2.45) is 0 Å². The number of nitrogens with one attached hydrogen (secondary N) is 2. The molecule has 0 saturated carbocycles. The van der Waals surface area contributed by atoms with E-state index in [2.05, 4.69) is 10.6 Å². The molecule has 0 radical (unpaired) electrons. The van der Waals surface area contributed by atoms with Crippen molar-refractivity contribution < 1.29 is 19.5 Å². The first-order valence-electron chi connectivity index (χ1n) is 6.10. The van der Waals surface area contributed by atoms with Gasteiger partial charge in [-0.2, -0.15) is 0 Å². The summed E-state index contributed by atoms with van der Waals surface area (Å²) < 4.78 is 0. The second-order valence-corrected chi connectivity index (χ2v) is 5.25. The first kappa shape index (κ1) is 17.4. The molecule has 0 bridgehead atoms. The van der Waals surface area contributed by atoms with Gasteiger partial charge in [-0.05, 0) is 27.7 Å². The van der Waals surface area contributed by atoms with E-state index in [9.17, 15) is 14.4 Å². The number of aliphatic carboxylic acids is 1. The molecule has 0 fully saturated rings. The highest BCUT2D eigenvalue weighted by atomic mass is 16.4. The van der Waals surface area contributed by atoms with Crippen LogP contribution in [-0.4, -0.2) is 53.1 Å². The fourth-order valence-corrected chi connectivity index (χ4v) is 1.75. The average molecular weight is 273 g/mol. The van der Waals surface area contributed by atoms with Crippen molar-refractivity contribution in [3.8, 4) is 0 Å². The van der Waals surface area contributed by atoms with Crippen molar-refractivity contribution in [3.05, 3.63) is 0 Å². The Morgan fingerprint density at radius 1 is 1.26 bits per heavy atom. The van der Waals surface area contributed by atoms with Crippen LogP contribution in [0.25, 0.3) is 0 Å². The van der Waals surface area contributed by atoms with E-state index in [0.717, 1.165) is 0 Å². The smallest absolute Gasteiger partial charge is 0.321 e. The van der Waals surface area contributed by atoms with Crippen LogP contribution in [0.1, 0.15) is 34.1 Å². The van der Waals surface area contributed by atoms with Gasteiger partial charge in [-0.3, -0.25) is 19.8 Å². The Morgan fingerprint density at radius 3 is 2.16 bits per heavy atom. The number of nitrogens with zero attached hydrogens (tertiary/aromatic N) is 1. The zero-order valence-electron chi connectivity index (χ0n) is 12.1. The summed E-state index contributed by atoms with van der Waals surface area (Å²) in [6.07, 6.45) is -0.0607. The van der Waals surface area contributed by atoms with E-state index in [0.29, 0.717) is 0 Å². The topological polar surface area (TPSA) is 98.7 Å². The lowest BCUT2D eigenvalue weighted by molar-refractivity contribution is -0.139. The predicted octanol–water partition coefficient (Wildman–Crippen LogP) is 0.406. The van der Waals surface area contributed by atoms with E-state index in [-0.39, 0.29) is 18.5 Å². The number of carboxylic acids is 1. The molecule has 0 aromatic carbocycles. The monoisotopic (exact) mass is 273 g/mol. The highest BCUT2D eigenvalue weighted by Crippen LogP contribution is 2.17. The molecule has 1 atom stereocenters. The number of imide groups is 1. The number of carbonyl (C=O) groups excluding carboxylic acids is 2. The van der Waals surface area contributed by atoms with Gasteiger partial charge in [0.1, 0.15) is 0 Å². The second kappa shape index (κ2) is 7.08. The number of hydrogen-bond donors (Lipinski definition) is 3. The van der Waals surface area contributed by atoms with Crippen molar-refractivity contribution in [2.75, 3.05) is 13.6 Å². The molecule has 0 saturated heterocycles. The number of amides is 3. The third-order valence-electron chi connectivity index (χ3n) is 2.74. The van der Waals surface area contributed by atoms with Gasteiger partial charge in [0.2, 0.25) is 5.91 Å². The van der Waals surface area contributed by atoms with Crippen LogP contribution in [0.2, 0.25) is 0 Å². The lowest BCUT2D eigenvalue weighted by atomic mass is 10.0. The minimum atomic E-state index is -0.923. The zero-order chi connectivity index (χ0) is 15.2. The van der Waals surface area contributed by atoms with Crippen LogP contribution in [0.5, 0.6) is 0 Å². The number of hydrogen-bond acceptors (Lipinski definition) is 4. The van der Waals surface area contributed by atoms with Crippen LogP contribution >= 0.6 is 0 Å². The molecule has 0 heterocycles. The summed E-state index contributed by atoms with van der Waals surface area (Å²) in [5.74, 6) is -1.38. The number of carbonyl (C=O) groups is 3. The first-order chi connectivity index (χ1) is 8.59. The third kappa shape index (κ3) is 6.19. The zero-order valence-corrected chi connectivity index (χ0v) is 12.1. The van der Waals surface area contributed by atoms with E-state index in [4.69, 9.17) is 5.11 Å². The van der Waals surface area contributed by atoms with Crippen LogP contribution in [-0.2, 0) is 9.59 Å². The van der Waals surface area contributed by atoms with Gasteiger partial charge in [-0.15, -0.1) is 0 Å². The summed E-state index contributed by atoms with van der Waals surface area (Å²) in [4.78, 5) is 35.4. The van der Waals surface area contributed by atoms with Gasteiger partial charge in [0.15, 0.2) is 0 Å². The molecule has 110 valence electrons. The standard InChI is InChI=1S/C12H23N3O4/c1-8(10(18)14-11(19)13-5)15(12(2,3)4)7-6-9(16)17/h8H,6-7H2,1-5H3,(H,16,17)(H2,13,14,18,19). The number of urea groups is 1. The van der Waals surface area contributed by atoms with Crippen molar-refractivity contribution in [1.82, 2.24) is 15.5 Å². The summed E-state index contributed by atoms with van der Waals surface area (Å²) in [6.45, 7) is 7.54. The Hall–Kier alpha value is -1.63. The molecule has 7 nitrogen and oxygen atoms in total. The molecule has 3 N–H and O–H groups in total. The van der Waals surface area contributed by atoms with Gasteiger partial charge in [-0.1, -0.05) is 0 Å². The predicted molar refractivity (Wildman–Crippen MR) is 70.8 cm³/mol. The summed E-state index contributed by atoms with van der Waals surface area (Å²) in [5.41, 5.74) is -0.380. The lowest BCUT2D eigenvalue weighted by Crippen LogP contribution is -2.55. The molecular weight excluding hydrogens is 250 g/mol. The van der Waals surface area contributed by atoms with Crippen molar-refractivity contribution in [1.29, 1.82) is 0 Å². The minimum Gasteiger partial charge on any atom is -0.481 e. The SMILES string of the molecule is CNC(=O)NC(=O)C(C)N(CCC(=O)O)C(C)(C)C. The maximum absolute atomic E-state index is 11.9. The van der Waals surface area contributed by atoms with Gasteiger partial charge in [0.05, 0.1) is 12.5 Å². The van der Waals surface area contributed by atoms with E-state index in [1.165, 1.54) is 7.05 Å².